The number of carbonyl (C=O) groups is 1. The lowest BCUT2D eigenvalue weighted by Gasteiger charge is -2.30. The maximum atomic E-state index is 14.4. The Morgan fingerprint density at radius 2 is 1.93 bits per heavy atom. The van der Waals surface area contributed by atoms with Crippen LogP contribution in [0.5, 0.6) is 0 Å². The summed E-state index contributed by atoms with van der Waals surface area (Å²) in [6.07, 6.45) is 2.95. The molecule has 4 heterocycles. The summed E-state index contributed by atoms with van der Waals surface area (Å²) in [6.45, 7) is 2.28. The molecule has 220 valence electrons. The van der Waals surface area contributed by atoms with Gasteiger partial charge in [-0.15, -0.1) is 0 Å². The molecule has 0 aromatic carbocycles. The Morgan fingerprint density at radius 1 is 1.17 bits per heavy atom. The molecule has 0 spiro atoms. The zero-order valence-electron chi connectivity index (χ0n) is 23.1. The Bertz CT molecular complexity index is 1610. The number of aromatic nitrogens is 5. The van der Waals surface area contributed by atoms with Crippen LogP contribution in [0.1, 0.15) is 73.6 Å². The first-order valence-electron chi connectivity index (χ1n) is 13.7. The van der Waals surface area contributed by atoms with Crippen molar-refractivity contribution in [2.45, 2.75) is 69.8 Å². The molecule has 1 fully saturated rings. The Hall–Kier alpha value is -4.44. The third-order valence-electron chi connectivity index (χ3n) is 7.53. The van der Waals surface area contributed by atoms with E-state index >= 15 is 0 Å². The van der Waals surface area contributed by atoms with Crippen LogP contribution in [0.15, 0.2) is 48.9 Å². The third kappa shape index (κ3) is 6.23. The smallest absolute Gasteiger partial charge is 0.282 e. The minimum Gasteiger partial charge on any atom is -0.387 e. The number of pyridine rings is 1. The van der Waals surface area contributed by atoms with Crippen molar-refractivity contribution in [1.82, 2.24) is 29.7 Å². The van der Waals surface area contributed by atoms with Gasteiger partial charge in [-0.05, 0) is 69.9 Å². The van der Waals surface area contributed by atoms with Gasteiger partial charge in [0.2, 0.25) is 0 Å². The molecule has 13 heteroatoms. The van der Waals surface area contributed by atoms with Crippen LogP contribution >= 0.6 is 0 Å². The van der Waals surface area contributed by atoms with Crippen molar-refractivity contribution in [1.29, 1.82) is 5.26 Å². The second kappa shape index (κ2) is 11.8. The van der Waals surface area contributed by atoms with E-state index in [4.69, 9.17) is 0 Å². The maximum absolute atomic E-state index is 14.4. The molecule has 42 heavy (non-hydrogen) atoms. The van der Waals surface area contributed by atoms with Crippen LogP contribution in [0.25, 0.3) is 16.9 Å². The van der Waals surface area contributed by atoms with Crippen LogP contribution in [-0.4, -0.2) is 59.8 Å². The number of amides is 1. The molecule has 1 aliphatic rings. The number of anilines is 1. The second-order valence-corrected chi connectivity index (χ2v) is 11.0. The molecule has 1 amide bonds. The second-order valence-electron chi connectivity index (χ2n) is 11.0. The van der Waals surface area contributed by atoms with E-state index in [0.717, 1.165) is 0 Å². The minimum atomic E-state index is -2.62. The lowest BCUT2D eigenvalue weighted by Crippen LogP contribution is -2.42. The number of rotatable bonds is 9. The number of aliphatic hydroxyl groups is 1. The third-order valence-corrected chi connectivity index (χ3v) is 7.53. The molecule has 4 aromatic heterocycles. The van der Waals surface area contributed by atoms with E-state index in [2.05, 4.69) is 31.9 Å². The van der Waals surface area contributed by atoms with Crippen LogP contribution in [0.2, 0.25) is 0 Å². The molecule has 1 atom stereocenters. The number of halogens is 3. The lowest BCUT2D eigenvalue weighted by molar-refractivity contribution is -0.00177. The van der Waals surface area contributed by atoms with E-state index in [0.29, 0.717) is 53.8 Å². The van der Waals surface area contributed by atoms with Crippen molar-refractivity contribution in [2.75, 3.05) is 11.9 Å². The van der Waals surface area contributed by atoms with Crippen molar-refractivity contribution in [3.8, 4) is 17.5 Å². The average Bonchev–Trinajstić information content (AvgIpc) is 3.63. The Kier molecular flexibility index (Phi) is 8.17. The minimum absolute atomic E-state index is 0.00824. The maximum Gasteiger partial charge on any atom is 0.282 e. The fourth-order valence-electron chi connectivity index (χ4n) is 5.05. The zero-order chi connectivity index (χ0) is 30.0. The van der Waals surface area contributed by atoms with Crippen molar-refractivity contribution in [2.24, 2.45) is 0 Å². The van der Waals surface area contributed by atoms with Gasteiger partial charge in [0.05, 0.1) is 58.1 Å². The fraction of sp³-hybridized carbons (Fsp3) is 0.414. The summed E-state index contributed by atoms with van der Waals surface area (Å²) >= 11 is 0. The molecule has 0 aliphatic heterocycles. The first-order valence-corrected chi connectivity index (χ1v) is 13.7. The van der Waals surface area contributed by atoms with Gasteiger partial charge in [-0.2, -0.15) is 15.5 Å². The van der Waals surface area contributed by atoms with Crippen LogP contribution < -0.4 is 10.6 Å². The summed E-state index contributed by atoms with van der Waals surface area (Å²) < 4.78 is 43.6. The number of fused-ring (bicyclic) bond motifs is 1. The summed E-state index contributed by atoms with van der Waals surface area (Å²) in [5, 5.41) is 33.5. The highest BCUT2D eigenvalue weighted by molar-refractivity contribution is 6.00. The highest BCUT2D eigenvalue weighted by atomic mass is 19.3. The highest BCUT2D eigenvalue weighted by Gasteiger charge is 2.28. The van der Waals surface area contributed by atoms with E-state index in [1.807, 2.05) is 12.1 Å². The lowest BCUT2D eigenvalue weighted by atomic mass is 9.91. The molecule has 0 radical (unpaired) electrons. The summed E-state index contributed by atoms with van der Waals surface area (Å²) in [5.74, 6) is -0.551. The largest absolute Gasteiger partial charge is 0.387 e. The van der Waals surface area contributed by atoms with Gasteiger partial charge in [-0.3, -0.25) is 14.5 Å². The molecule has 0 unspecified atom stereocenters. The molecular formula is C29H31F3N8O2. The van der Waals surface area contributed by atoms with Gasteiger partial charge in [0.15, 0.2) is 0 Å². The Morgan fingerprint density at radius 3 is 2.60 bits per heavy atom. The summed E-state index contributed by atoms with van der Waals surface area (Å²) in [4.78, 5) is 17.6. The topological polar surface area (TPSA) is 133 Å². The molecule has 0 bridgehead atoms. The monoisotopic (exact) mass is 580 g/mol. The van der Waals surface area contributed by atoms with Crippen molar-refractivity contribution in [3.05, 3.63) is 65.7 Å². The van der Waals surface area contributed by atoms with Crippen molar-refractivity contribution >= 4 is 17.1 Å². The standard InChI is InChI=1S/C29H31F3N8O2/c1-29(2,42)26(30)16-35-28(41)21-15-34-24(25-8-7-20-11-17(13-33)14-36-40(20)25)12-23(21)37-18-3-5-19(6-4-18)39-10-9-22(38-39)27(31)32/h7-12,14-15,18-19,26-27,42H,3-6,16H2,1-2H3,(H,34,37)(H,35,41)/t18-,19-,26-/m1/s1. The summed E-state index contributed by atoms with van der Waals surface area (Å²) in [5.41, 5.74) is 1.13. The van der Waals surface area contributed by atoms with Crippen LogP contribution in [0, 0.1) is 11.3 Å². The van der Waals surface area contributed by atoms with E-state index in [9.17, 15) is 28.3 Å². The number of hydrogen-bond acceptors (Lipinski definition) is 7. The number of nitrogens with zero attached hydrogens (tertiary/aromatic N) is 6. The number of nitrogens with one attached hydrogen (secondary N) is 2. The van der Waals surface area contributed by atoms with Gasteiger partial charge < -0.3 is 15.7 Å². The number of hydrogen-bond donors (Lipinski definition) is 3. The van der Waals surface area contributed by atoms with Gasteiger partial charge in [-0.1, -0.05) is 0 Å². The summed E-state index contributed by atoms with van der Waals surface area (Å²) in [7, 11) is 0. The molecule has 10 nitrogen and oxygen atoms in total. The van der Waals surface area contributed by atoms with Crippen molar-refractivity contribution in [3.63, 3.8) is 0 Å². The molecule has 1 saturated carbocycles. The van der Waals surface area contributed by atoms with Gasteiger partial charge in [0.1, 0.15) is 17.9 Å². The predicted octanol–water partition coefficient (Wildman–Crippen LogP) is 4.84. The molecule has 3 N–H and O–H groups in total. The quantitative estimate of drug-likeness (QED) is 0.258. The highest BCUT2D eigenvalue weighted by Crippen LogP contribution is 2.33. The molecule has 5 rings (SSSR count). The molecular weight excluding hydrogens is 549 g/mol. The number of alkyl halides is 3. The Balaban J connectivity index is 1.38. The van der Waals surface area contributed by atoms with E-state index in [-0.39, 0.29) is 29.9 Å². The molecule has 1 aliphatic carbocycles. The average molecular weight is 581 g/mol. The van der Waals surface area contributed by atoms with Crippen LogP contribution in [0.4, 0.5) is 18.9 Å². The van der Waals surface area contributed by atoms with Gasteiger partial charge >= 0.3 is 0 Å². The van der Waals surface area contributed by atoms with Crippen LogP contribution in [-0.2, 0) is 0 Å². The molecule has 4 aromatic rings. The van der Waals surface area contributed by atoms with Crippen LogP contribution in [0.3, 0.4) is 0 Å². The van der Waals surface area contributed by atoms with Gasteiger partial charge in [0, 0.05) is 18.4 Å². The van der Waals surface area contributed by atoms with E-state index < -0.39 is 24.1 Å². The zero-order valence-corrected chi connectivity index (χ0v) is 23.1. The SMILES string of the molecule is CC(C)(O)[C@H](F)CNC(=O)c1cnc(-c2ccc3cc(C#N)cnn23)cc1N[C@H]1CC[C@H](n2ccc(C(F)F)n2)CC1. The fourth-order valence-corrected chi connectivity index (χ4v) is 5.05. The summed E-state index contributed by atoms with van der Waals surface area (Å²) in [6, 6.07) is 10.4. The van der Waals surface area contributed by atoms with Gasteiger partial charge in [0.25, 0.3) is 12.3 Å². The van der Waals surface area contributed by atoms with E-state index in [1.165, 1.54) is 32.3 Å². The number of nitriles is 1. The first-order chi connectivity index (χ1) is 20.0. The molecule has 0 saturated heterocycles. The first kappa shape index (κ1) is 29.1. The Labute approximate surface area is 240 Å². The normalized spacial score (nSPS) is 18.1. The predicted molar refractivity (Wildman–Crippen MR) is 149 cm³/mol. The van der Waals surface area contributed by atoms with Gasteiger partial charge in [-0.25, -0.2) is 17.7 Å². The number of carbonyl (C=O) groups excluding carboxylic acids is 1. The van der Waals surface area contributed by atoms with E-state index in [1.54, 1.807) is 27.5 Å². The van der Waals surface area contributed by atoms with Crippen molar-refractivity contribution < 1.29 is 23.1 Å².